The number of ether oxygens (including phenoxy) is 1. The van der Waals surface area contributed by atoms with E-state index in [1.54, 1.807) is 24.3 Å². The van der Waals surface area contributed by atoms with Crippen molar-refractivity contribution in [3.05, 3.63) is 59.4 Å². The number of rotatable bonds is 8. The van der Waals surface area contributed by atoms with E-state index in [4.69, 9.17) is 16.3 Å². The van der Waals surface area contributed by atoms with Crippen molar-refractivity contribution in [1.82, 2.24) is 20.4 Å². The lowest BCUT2D eigenvalue weighted by Crippen LogP contribution is -2.45. The molecule has 0 aliphatic rings. The molecule has 0 saturated heterocycles. The number of hydrogen-bond acceptors (Lipinski definition) is 4. The van der Waals surface area contributed by atoms with Crippen LogP contribution in [0.15, 0.2) is 48.5 Å². The SMILES string of the molecule is CCCCc1nc2ccccc2n1CC(=O)NNC(=O)COc1cccc(Cl)c1. The molecule has 7 nitrogen and oxygen atoms in total. The molecule has 3 rings (SSSR count). The summed E-state index contributed by atoms with van der Waals surface area (Å²) < 4.78 is 7.23. The van der Waals surface area contributed by atoms with Gasteiger partial charge >= 0.3 is 0 Å². The minimum Gasteiger partial charge on any atom is -0.484 e. The van der Waals surface area contributed by atoms with Crippen LogP contribution >= 0.6 is 11.6 Å². The van der Waals surface area contributed by atoms with Gasteiger partial charge in [0.1, 0.15) is 18.1 Å². The molecule has 0 aliphatic carbocycles. The molecular weight excluding hydrogens is 392 g/mol. The normalized spacial score (nSPS) is 10.7. The number of unbranched alkanes of at least 4 members (excludes halogenated alkanes) is 1. The standard InChI is InChI=1S/C21H23ClN4O3/c1-2-3-11-19-23-17-9-4-5-10-18(17)26(19)13-20(27)24-25-21(28)14-29-16-8-6-7-15(22)12-16/h4-10,12H,2-3,11,13-14H2,1H3,(H,24,27)(H,25,28). The third-order valence-corrected chi connectivity index (χ3v) is 4.53. The Labute approximate surface area is 174 Å². The topological polar surface area (TPSA) is 85.3 Å². The fourth-order valence-electron chi connectivity index (χ4n) is 2.89. The largest absolute Gasteiger partial charge is 0.484 e. The summed E-state index contributed by atoms with van der Waals surface area (Å²) in [5.74, 6) is 0.519. The van der Waals surface area contributed by atoms with Gasteiger partial charge in [0.2, 0.25) is 0 Å². The fraction of sp³-hybridized carbons (Fsp3) is 0.286. The molecule has 0 bridgehead atoms. The summed E-state index contributed by atoms with van der Waals surface area (Å²) in [4.78, 5) is 28.9. The molecule has 0 aliphatic heterocycles. The van der Waals surface area contributed by atoms with E-state index in [1.807, 2.05) is 28.8 Å². The van der Waals surface area contributed by atoms with Gasteiger partial charge in [-0.15, -0.1) is 0 Å². The van der Waals surface area contributed by atoms with Crippen LogP contribution < -0.4 is 15.6 Å². The van der Waals surface area contributed by atoms with Crippen LogP contribution in [0.25, 0.3) is 11.0 Å². The Balaban J connectivity index is 1.55. The first-order valence-electron chi connectivity index (χ1n) is 9.47. The van der Waals surface area contributed by atoms with Crippen molar-refractivity contribution < 1.29 is 14.3 Å². The first-order valence-corrected chi connectivity index (χ1v) is 9.85. The Bertz CT molecular complexity index is 1000. The van der Waals surface area contributed by atoms with Gasteiger partial charge in [-0.2, -0.15) is 0 Å². The Morgan fingerprint density at radius 1 is 1.10 bits per heavy atom. The molecule has 0 unspecified atom stereocenters. The number of imidazole rings is 1. The fourth-order valence-corrected chi connectivity index (χ4v) is 3.07. The Kier molecular flexibility index (Phi) is 7.08. The van der Waals surface area contributed by atoms with Crippen LogP contribution in [0.5, 0.6) is 5.75 Å². The molecule has 0 spiro atoms. The van der Waals surface area contributed by atoms with Gasteiger partial charge in [-0.3, -0.25) is 20.4 Å². The van der Waals surface area contributed by atoms with E-state index in [2.05, 4.69) is 22.8 Å². The van der Waals surface area contributed by atoms with Crippen LogP contribution in [0.4, 0.5) is 0 Å². The van der Waals surface area contributed by atoms with Crippen LogP contribution in [0, 0.1) is 0 Å². The number of para-hydroxylation sites is 2. The van der Waals surface area contributed by atoms with Gasteiger partial charge in [-0.1, -0.05) is 43.1 Å². The van der Waals surface area contributed by atoms with Gasteiger partial charge in [0.15, 0.2) is 6.61 Å². The quantitative estimate of drug-likeness (QED) is 0.554. The van der Waals surface area contributed by atoms with Crippen LogP contribution in [0.2, 0.25) is 5.02 Å². The highest BCUT2D eigenvalue weighted by molar-refractivity contribution is 6.30. The predicted molar refractivity (Wildman–Crippen MR) is 112 cm³/mol. The number of aryl methyl sites for hydroxylation is 1. The van der Waals surface area contributed by atoms with Gasteiger partial charge in [0.25, 0.3) is 11.8 Å². The highest BCUT2D eigenvalue weighted by Gasteiger charge is 2.14. The number of carbonyl (C=O) groups is 2. The maximum absolute atomic E-state index is 12.4. The number of carbonyl (C=O) groups excluding carboxylic acids is 2. The average Bonchev–Trinajstić information content (AvgIpc) is 3.06. The summed E-state index contributed by atoms with van der Waals surface area (Å²) in [5.41, 5.74) is 6.53. The molecule has 0 saturated carbocycles. The van der Waals surface area contributed by atoms with Crippen LogP contribution in [0.1, 0.15) is 25.6 Å². The lowest BCUT2D eigenvalue weighted by atomic mass is 10.2. The number of fused-ring (bicyclic) bond motifs is 1. The van der Waals surface area contributed by atoms with E-state index in [0.717, 1.165) is 36.1 Å². The minimum absolute atomic E-state index is 0.0645. The Morgan fingerprint density at radius 2 is 1.90 bits per heavy atom. The van der Waals surface area contributed by atoms with Crippen LogP contribution in [-0.4, -0.2) is 28.0 Å². The van der Waals surface area contributed by atoms with Crippen LogP contribution in [0.3, 0.4) is 0 Å². The highest BCUT2D eigenvalue weighted by Crippen LogP contribution is 2.18. The number of nitrogens with zero attached hydrogens (tertiary/aromatic N) is 2. The van der Waals surface area contributed by atoms with Gasteiger partial charge < -0.3 is 9.30 Å². The molecule has 8 heteroatoms. The second-order valence-corrected chi connectivity index (χ2v) is 6.99. The third kappa shape index (κ3) is 5.71. The Hall–Kier alpha value is -3.06. The van der Waals surface area contributed by atoms with Crippen molar-refractivity contribution in [2.24, 2.45) is 0 Å². The summed E-state index contributed by atoms with van der Waals surface area (Å²) in [6.45, 7) is 1.94. The molecule has 29 heavy (non-hydrogen) atoms. The average molecular weight is 415 g/mol. The van der Waals surface area contributed by atoms with Crippen molar-refractivity contribution in [1.29, 1.82) is 0 Å². The van der Waals surface area contributed by atoms with E-state index in [-0.39, 0.29) is 19.1 Å². The van der Waals surface area contributed by atoms with E-state index >= 15 is 0 Å². The smallest absolute Gasteiger partial charge is 0.276 e. The number of amides is 2. The highest BCUT2D eigenvalue weighted by atomic mass is 35.5. The zero-order chi connectivity index (χ0) is 20.6. The second-order valence-electron chi connectivity index (χ2n) is 6.55. The van der Waals surface area contributed by atoms with Crippen molar-refractivity contribution in [2.75, 3.05) is 6.61 Å². The predicted octanol–water partition coefficient (Wildman–Crippen LogP) is 3.26. The number of aromatic nitrogens is 2. The van der Waals surface area contributed by atoms with Gasteiger partial charge in [-0.05, 0) is 36.8 Å². The van der Waals surface area contributed by atoms with Crippen molar-refractivity contribution in [3.8, 4) is 5.75 Å². The van der Waals surface area contributed by atoms with Gasteiger partial charge in [0.05, 0.1) is 11.0 Å². The maximum Gasteiger partial charge on any atom is 0.276 e. The summed E-state index contributed by atoms with van der Waals surface area (Å²) >= 11 is 5.87. The first-order chi connectivity index (χ1) is 14.1. The number of hydrogen-bond donors (Lipinski definition) is 2. The minimum atomic E-state index is -0.472. The molecule has 1 aromatic heterocycles. The zero-order valence-electron chi connectivity index (χ0n) is 16.2. The number of hydrazine groups is 1. The van der Waals surface area contributed by atoms with Crippen molar-refractivity contribution >= 4 is 34.4 Å². The number of halogens is 1. The summed E-state index contributed by atoms with van der Waals surface area (Å²) in [6, 6.07) is 14.4. The number of nitrogens with one attached hydrogen (secondary N) is 2. The summed E-state index contributed by atoms with van der Waals surface area (Å²) in [5, 5.41) is 0.516. The lowest BCUT2D eigenvalue weighted by molar-refractivity contribution is -0.130. The van der Waals surface area contributed by atoms with Crippen molar-refractivity contribution in [3.63, 3.8) is 0 Å². The van der Waals surface area contributed by atoms with Crippen molar-refractivity contribution in [2.45, 2.75) is 32.7 Å². The van der Waals surface area contributed by atoms with E-state index in [1.165, 1.54) is 0 Å². The molecule has 1 heterocycles. The van der Waals surface area contributed by atoms with Gasteiger partial charge in [-0.25, -0.2) is 4.98 Å². The van der Waals surface area contributed by atoms with E-state index in [0.29, 0.717) is 10.8 Å². The summed E-state index contributed by atoms with van der Waals surface area (Å²) in [6.07, 6.45) is 2.82. The molecule has 0 fully saturated rings. The van der Waals surface area contributed by atoms with E-state index < -0.39 is 5.91 Å². The molecule has 2 N–H and O–H groups in total. The van der Waals surface area contributed by atoms with Crippen LogP contribution in [-0.2, 0) is 22.6 Å². The molecule has 3 aromatic rings. The first kappa shape index (κ1) is 20.7. The molecular formula is C21H23ClN4O3. The maximum atomic E-state index is 12.4. The zero-order valence-corrected chi connectivity index (χ0v) is 16.9. The Morgan fingerprint density at radius 3 is 2.69 bits per heavy atom. The summed E-state index contributed by atoms with van der Waals surface area (Å²) in [7, 11) is 0. The molecule has 152 valence electrons. The molecule has 0 atom stereocenters. The van der Waals surface area contributed by atoms with E-state index in [9.17, 15) is 9.59 Å². The van der Waals surface area contributed by atoms with Gasteiger partial charge in [0, 0.05) is 11.4 Å². The molecule has 0 radical (unpaired) electrons. The monoisotopic (exact) mass is 414 g/mol. The molecule has 2 amide bonds. The third-order valence-electron chi connectivity index (χ3n) is 4.30. The second kappa shape index (κ2) is 9.93. The molecule has 2 aromatic carbocycles. The number of benzene rings is 2. The lowest BCUT2D eigenvalue weighted by Gasteiger charge is -2.11.